The van der Waals surface area contributed by atoms with Gasteiger partial charge >= 0.3 is 29.8 Å². The van der Waals surface area contributed by atoms with Gasteiger partial charge in [0, 0.05) is 40.4 Å². The van der Waals surface area contributed by atoms with Crippen LogP contribution in [-0.2, 0) is 71.3 Å². The summed E-state index contributed by atoms with van der Waals surface area (Å²) in [4.78, 5) is 61.2. The van der Waals surface area contributed by atoms with Gasteiger partial charge in [0.15, 0.2) is 30.4 Å². The fourth-order valence-electron chi connectivity index (χ4n) is 6.22. The predicted molar refractivity (Wildman–Crippen MR) is 174 cm³/mol. The summed E-state index contributed by atoms with van der Waals surface area (Å²) in [5, 5.41) is 39.9. The zero-order valence-corrected chi connectivity index (χ0v) is 31.1. The van der Waals surface area contributed by atoms with Crippen molar-refractivity contribution in [2.45, 2.75) is 144 Å². The lowest BCUT2D eigenvalue weighted by Crippen LogP contribution is -2.62. The van der Waals surface area contributed by atoms with E-state index in [1.807, 2.05) is 0 Å². The Hall–Kier alpha value is -2.31. The summed E-state index contributed by atoms with van der Waals surface area (Å²) in [7, 11) is 0. The molecule has 0 aromatic carbocycles. The number of ether oxygens (including phenoxy) is 10. The van der Waals surface area contributed by atoms with Crippen molar-refractivity contribution in [2.75, 3.05) is 19.0 Å². The highest BCUT2D eigenvalue weighted by Gasteiger charge is 2.61. The van der Waals surface area contributed by atoms with Crippen LogP contribution in [0, 0.1) is 0 Å². The smallest absolute Gasteiger partial charge is 0.303 e. The molecular formula is C31H46O19S2. The fourth-order valence-corrected chi connectivity index (χ4v) is 9.05. The summed E-state index contributed by atoms with van der Waals surface area (Å²) < 4.78 is 58.0. The maximum atomic E-state index is 12.4. The van der Waals surface area contributed by atoms with Crippen LogP contribution < -0.4 is 0 Å². The van der Waals surface area contributed by atoms with Gasteiger partial charge in [0.05, 0.1) is 11.9 Å². The van der Waals surface area contributed by atoms with Crippen LogP contribution in [0.4, 0.5) is 0 Å². The van der Waals surface area contributed by atoms with Crippen molar-refractivity contribution in [2.24, 2.45) is 0 Å². The van der Waals surface area contributed by atoms with Gasteiger partial charge < -0.3 is 67.8 Å². The third kappa shape index (κ3) is 10.5. The van der Waals surface area contributed by atoms with E-state index in [0.717, 1.165) is 51.2 Å². The molecule has 4 aliphatic rings. The second-order valence-corrected chi connectivity index (χ2v) is 15.3. The van der Waals surface area contributed by atoms with Crippen LogP contribution in [-0.4, -0.2) is 165 Å². The van der Waals surface area contributed by atoms with Crippen molar-refractivity contribution in [3.63, 3.8) is 0 Å². The topological polar surface area (TPSA) is 259 Å². The number of esters is 5. The zero-order chi connectivity index (χ0) is 38.7. The second-order valence-electron chi connectivity index (χ2n) is 12.9. The lowest BCUT2D eigenvalue weighted by molar-refractivity contribution is -0.237. The van der Waals surface area contributed by atoms with Crippen molar-refractivity contribution in [3.05, 3.63) is 0 Å². The minimum atomic E-state index is -1.65. The van der Waals surface area contributed by atoms with Gasteiger partial charge in [0.25, 0.3) is 0 Å². The van der Waals surface area contributed by atoms with Crippen LogP contribution in [0.1, 0.15) is 48.5 Å². The molecule has 0 aromatic rings. The highest BCUT2D eigenvalue weighted by atomic mass is 32.2. The van der Waals surface area contributed by atoms with Crippen LogP contribution in [0.15, 0.2) is 0 Å². The number of aliphatic hydroxyl groups is 4. The third-order valence-corrected chi connectivity index (χ3v) is 11.0. The molecule has 4 saturated heterocycles. The average Bonchev–Trinajstić information content (AvgIpc) is 3.51. The van der Waals surface area contributed by atoms with Gasteiger partial charge in [-0.2, -0.15) is 0 Å². The molecule has 296 valence electrons. The van der Waals surface area contributed by atoms with E-state index in [1.54, 1.807) is 13.8 Å². The summed E-state index contributed by atoms with van der Waals surface area (Å²) in [5.41, 5.74) is -2.43. The van der Waals surface area contributed by atoms with Gasteiger partial charge in [-0.3, -0.25) is 24.0 Å². The normalized spacial score (nSPS) is 38.8. The fraction of sp³-hybridized carbons (Fsp3) is 0.839. The number of thioether (sulfide) groups is 2. The minimum absolute atomic E-state index is 0.120. The molecule has 0 saturated carbocycles. The number of aliphatic hydroxyl groups excluding tert-OH is 4. The first-order valence-corrected chi connectivity index (χ1v) is 18.4. The van der Waals surface area contributed by atoms with Gasteiger partial charge in [0.1, 0.15) is 66.3 Å². The molecule has 0 spiro atoms. The summed E-state index contributed by atoms with van der Waals surface area (Å²) in [6.45, 7) is 7.83. The first kappa shape index (κ1) is 42.4. The molecule has 19 nitrogen and oxygen atoms in total. The molecule has 4 heterocycles. The van der Waals surface area contributed by atoms with Gasteiger partial charge in [-0.25, -0.2) is 0 Å². The molecular weight excluding hydrogens is 740 g/mol. The van der Waals surface area contributed by atoms with E-state index < -0.39 is 138 Å². The monoisotopic (exact) mass is 786 g/mol. The number of rotatable bonds is 13. The second kappa shape index (κ2) is 17.9. The molecule has 4 rings (SSSR count). The van der Waals surface area contributed by atoms with Crippen molar-refractivity contribution in [1.29, 1.82) is 0 Å². The highest BCUT2D eigenvalue weighted by molar-refractivity contribution is 8.00. The van der Waals surface area contributed by atoms with Gasteiger partial charge in [0.2, 0.25) is 0 Å². The molecule has 0 aliphatic carbocycles. The Morgan fingerprint density at radius 1 is 0.712 bits per heavy atom. The summed E-state index contributed by atoms with van der Waals surface area (Å²) in [6, 6.07) is 0. The van der Waals surface area contributed by atoms with Gasteiger partial charge in [-0.05, 0) is 13.8 Å². The SMILES string of the molecule is CC(=O)OC[C@H]1O[C@@H](S[C@@H]2[C@H]3OC(C)(C)O[C@H]3O[C@@H]2[C@@H](CS[C@@H]2O[C@H](CO)[C@@H](O)[C@H](O)[C@H]2O)OC(C)=O)[C@H](OC(C)=O)[C@@H](OC(C)=O)[C@@H]1OC(C)=O. The summed E-state index contributed by atoms with van der Waals surface area (Å²) in [6.07, 6.45) is -15.6. The molecule has 4 N–H and O–H groups in total. The van der Waals surface area contributed by atoms with Gasteiger partial charge in [-0.1, -0.05) is 0 Å². The van der Waals surface area contributed by atoms with Crippen molar-refractivity contribution in [1.82, 2.24) is 0 Å². The first-order chi connectivity index (χ1) is 24.3. The molecule has 15 atom stereocenters. The Morgan fingerprint density at radius 3 is 1.88 bits per heavy atom. The maximum Gasteiger partial charge on any atom is 0.303 e. The molecule has 0 unspecified atom stereocenters. The molecule has 4 fully saturated rings. The number of fused-ring (bicyclic) bond motifs is 1. The molecule has 4 aliphatic heterocycles. The van der Waals surface area contributed by atoms with E-state index in [-0.39, 0.29) is 5.75 Å². The highest BCUT2D eigenvalue weighted by Crippen LogP contribution is 2.48. The van der Waals surface area contributed by atoms with E-state index in [2.05, 4.69) is 0 Å². The summed E-state index contributed by atoms with van der Waals surface area (Å²) in [5.74, 6) is -5.06. The van der Waals surface area contributed by atoms with E-state index in [4.69, 9.17) is 47.4 Å². The number of hydrogen-bond donors (Lipinski definition) is 4. The Balaban J connectivity index is 1.70. The molecule has 0 amide bonds. The Kier molecular flexibility index (Phi) is 14.6. The summed E-state index contributed by atoms with van der Waals surface area (Å²) >= 11 is 1.90. The predicted octanol–water partition coefficient (Wildman–Crippen LogP) is -1.49. The molecule has 0 aromatic heterocycles. The van der Waals surface area contributed by atoms with E-state index in [9.17, 15) is 44.4 Å². The quantitative estimate of drug-likeness (QED) is 0.122. The third-order valence-electron chi connectivity index (χ3n) is 8.22. The largest absolute Gasteiger partial charge is 0.463 e. The van der Waals surface area contributed by atoms with E-state index >= 15 is 0 Å². The Morgan fingerprint density at radius 2 is 1.31 bits per heavy atom. The van der Waals surface area contributed by atoms with Crippen molar-refractivity contribution < 1.29 is 91.8 Å². The number of hydrogen-bond acceptors (Lipinski definition) is 21. The van der Waals surface area contributed by atoms with Crippen molar-refractivity contribution in [3.8, 4) is 0 Å². The zero-order valence-electron chi connectivity index (χ0n) is 29.5. The molecule has 0 radical (unpaired) electrons. The first-order valence-electron chi connectivity index (χ1n) is 16.4. The lowest BCUT2D eigenvalue weighted by Gasteiger charge is -2.45. The van der Waals surface area contributed by atoms with Crippen LogP contribution in [0.2, 0.25) is 0 Å². The number of carbonyl (C=O) groups excluding carboxylic acids is 5. The van der Waals surface area contributed by atoms with Crippen LogP contribution >= 0.6 is 23.5 Å². The van der Waals surface area contributed by atoms with E-state index in [0.29, 0.717) is 0 Å². The minimum Gasteiger partial charge on any atom is -0.463 e. The molecule has 52 heavy (non-hydrogen) atoms. The van der Waals surface area contributed by atoms with E-state index in [1.165, 1.54) is 6.92 Å². The maximum absolute atomic E-state index is 12.4. The number of carbonyl (C=O) groups is 5. The molecule has 21 heteroatoms. The Bertz CT molecular complexity index is 1300. The molecule has 0 bridgehead atoms. The van der Waals surface area contributed by atoms with Crippen LogP contribution in [0.5, 0.6) is 0 Å². The van der Waals surface area contributed by atoms with Crippen molar-refractivity contribution >= 4 is 53.4 Å². The Labute approximate surface area is 307 Å². The van der Waals surface area contributed by atoms with Gasteiger partial charge in [-0.15, -0.1) is 23.5 Å². The van der Waals surface area contributed by atoms with Crippen LogP contribution in [0.3, 0.4) is 0 Å². The van der Waals surface area contributed by atoms with Crippen LogP contribution in [0.25, 0.3) is 0 Å². The lowest BCUT2D eigenvalue weighted by atomic mass is 9.99. The standard InChI is InChI=1S/C31H46O19S2/c1-11(33)41-9-17-22(43-13(3)35)24(44-14(4)36)25(45-15(5)37)30(47-17)52-27-23(48-28-26(27)49-31(6,7)50-28)18(42-12(2)34)10-51-29-21(40)20(39)19(38)16(8-32)46-29/h16-30,32,38-40H,8-10H2,1-7H3/t16-,17-,18-,19-,20+,21-,22-,23-,24+,25-,26-,27+,28-,29+,30+/m1/s1. The average molecular weight is 787 g/mol.